The minimum absolute atomic E-state index is 0.166. The molecular weight excluding hydrogens is 338 g/mol. The fourth-order valence-electron chi connectivity index (χ4n) is 2.95. The number of nitrogens with zero attached hydrogens (tertiary/aromatic N) is 4. The molecule has 1 aliphatic heterocycles. The van der Waals surface area contributed by atoms with E-state index in [1.165, 1.54) is 0 Å². The van der Waals surface area contributed by atoms with E-state index in [4.69, 9.17) is 11.6 Å². The molecule has 0 atom stereocenters. The summed E-state index contributed by atoms with van der Waals surface area (Å²) >= 11 is 6.23. The normalized spacial score (nSPS) is 16.0. The van der Waals surface area contributed by atoms with E-state index in [-0.39, 0.29) is 5.91 Å². The molecule has 1 fully saturated rings. The molecule has 0 aliphatic carbocycles. The van der Waals surface area contributed by atoms with Crippen molar-refractivity contribution in [3.05, 3.63) is 34.9 Å². The van der Waals surface area contributed by atoms with Crippen molar-refractivity contribution in [2.75, 3.05) is 53.4 Å². The van der Waals surface area contributed by atoms with E-state index in [1.54, 1.807) is 14.0 Å². The van der Waals surface area contributed by atoms with Gasteiger partial charge in [-0.2, -0.15) is 0 Å². The van der Waals surface area contributed by atoms with Gasteiger partial charge in [-0.3, -0.25) is 14.7 Å². The lowest BCUT2D eigenvalue weighted by Gasteiger charge is -2.34. The van der Waals surface area contributed by atoms with Crippen LogP contribution in [-0.2, 0) is 11.3 Å². The third kappa shape index (κ3) is 5.90. The molecule has 1 saturated heterocycles. The number of benzene rings is 1. The van der Waals surface area contributed by atoms with Gasteiger partial charge in [0.15, 0.2) is 5.96 Å². The SMILES string of the molecule is CN=C(NCCN1CCN(C(C)=O)CC1)N(C)Cc1ccccc1Cl. The number of rotatable bonds is 5. The van der Waals surface area contributed by atoms with Crippen LogP contribution in [-0.4, -0.2) is 79.9 Å². The number of carbonyl (C=O) groups excluding carboxylic acids is 1. The second kappa shape index (κ2) is 9.63. The predicted octanol–water partition coefficient (Wildman–Crippen LogP) is 1.51. The molecule has 7 heteroatoms. The number of piperazine rings is 1. The van der Waals surface area contributed by atoms with Crippen molar-refractivity contribution in [3.63, 3.8) is 0 Å². The Labute approximate surface area is 155 Å². The Kier molecular flexibility index (Phi) is 7.52. The van der Waals surface area contributed by atoms with Gasteiger partial charge < -0.3 is 15.1 Å². The summed E-state index contributed by atoms with van der Waals surface area (Å²) in [6, 6.07) is 7.86. The molecule has 0 spiro atoms. The molecule has 6 nitrogen and oxygen atoms in total. The number of guanidine groups is 1. The molecule has 2 rings (SSSR count). The number of halogens is 1. The Morgan fingerprint density at radius 2 is 1.96 bits per heavy atom. The minimum Gasteiger partial charge on any atom is -0.355 e. The van der Waals surface area contributed by atoms with Gasteiger partial charge in [0.1, 0.15) is 0 Å². The van der Waals surface area contributed by atoms with Crippen LogP contribution in [0.5, 0.6) is 0 Å². The number of aliphatic imine (C=N–C) groups is 1. The van der Waals surface area contributed by atoms with E-state index >= 15 is 0 Å². The van der Waals surface area contributed by atoms with E-state index in [0.717, 1.165) is 55.8 Å². The van der Waals surface area contributed by atoms with E-state index in [9.17, 15) is 4.79 Å². The van der Waals surface area contributed by atoms with Crippen molar-refractivity contribution in [3.8, 4) is 0 Å². The third-order valence-electron chi connectivity index (χ3n) is 4.47. The lowest BCUT2D eigenvalue weighted by atomic mass is 10.2. The van der Waals surface area contributed by atoms with Gasteiger partial charge in [-0.15, -0.1) is 0 Å². The highest BCUT2D eigenvalue weighted by atomic mass is 35.5. The Morgan fingerprint density at radius 3 is 2.56 bits per heavy atom. The summed E-state index contributed by atoms with van der Waals surface area (Å²) in [5.41, 5.74) is 1.08. The molecule has 1 N–H and O–H groups in total. The summed E-state index contributed by atoms with van der Waals surface area (Å²) < 4.78 is 0. The first-order chi connectivity index (χ1) is 12.0. The number of nitrogens with one attached hydrogen (secondary N) is 1. The Morgan fingerprint density at radius 1 is 1.28 bits per heavy atom. The molecule has 25 heavy (non-hydrogen) atoms. The first-order valence-electron chi connectivity index (χ1n) is 8.64. The monoisotopic (exact) mass is 365 g/mol. The summed E-state index contributed by atoms with van der Waals surface area (Å²) in [5.74, 6) is 1.02. The van der Waals surface area contributed by atoms with Crippen LogP contribution in [0.2, 0.25) is 5.02 Å². The molecule has 0 unspecified atom stereocenters. The molecule has 0 saturated carbocycles. The van der Waals surface area contributed by atoms with Crippen LogP contribution in [0.4, 0.5) is 0 Å². The maximum atomic E-state index is 11.4. The largest absolute Gasteiger partial charge is 0.355 e. The highest BCUT2D eigenvalue weighted by Gasteiger charge is 2.18. The average Bonchev–Trinajstić information content (AvgIpc) is 2.61. The zero-order valence-electron chi connectivity index (χ0n) is 15.3. The lowest BCUT2D eigenvalue weighted by molar-refractivity contribution is -0.130. The van der Waals surface area contributed by atoms with E-state index in [1.807, 2.05) is 36.2 Å². The van der Waals surface area contributed by atoms with Gasteiger partial charge in [-0.05, 0) is 11.6 Å². The number of carbonyl (C=O) groups is 1. The topological polar surface area (TPSA) is 51.2 Å². The first-order valence-corrected chi connectivity index (χ1v) is 9.02. The number of hydrogen-bond acceptors (Lipinski definition) is 3. The minimum atomic E-state index is 0.166. The molecular formula is C18H28ClN5O. The smallest absolute Gasteiger partial charge is 0.219 e. The van der Waals surface area contributed by atoms with Crippen LogP contribution in [0.1, 0.15) is 12.5 Å². The Bertz CT molecular complexity index is 599. The van der Waals surface area contributed by atoms with Gasteiger partial charge in [0.25, 0.3) is 0 Å². The van der Waals surface area contributed by atoms with Crippen LogP contribution in [0.15, 0.2) is 29.3 Å². The van der Waals surface area contributed by atoms with E-state index in [2.05, 4.69) is 20.1 Å². The van der Waals surface area contributed by atoms with E-state index < -0.39 is 0 Å². The van der Waals surface area contributed by atoms with Crippen LogP contribution in [0, 0.1) is 0 Å². The van der Waals surface area contributed by atoms with Crippen molar-refractivity contribution in [2.24, 2.45) is 4.99 Å². The fraction of sp³-hybridized carbons (Fsp3) is 0.556. The molecule has 1 aromatic rings. The molecule has 0 aromatic heterocycles. The maximum Gasteiger partial charge on any atom is 0.219 e. The maximum absolute atomic E-state index is 11.4. The fourth-order valence-corrected chi connectivity index (χ4v) is 3.15. The summed E-state index contributed by atoms with van der Waals surface area (Å²) in [7, 11) is 3.79. The summed E-state index contributed by atoms with van der Waals surface area (Å²) in [6.07, 6.45) is 0. The Hall–Kier alpha value is -1.79. The predicted molar refractivity (Wildman–Crippen MR) is 103 cm³/mol. The number of hydrogen-bond donors (Lipinski definition) is 1. The van der Waals surface area contributed by atoms with Crippen LogP contribution in [0.3, 0.4) is 0 Å². The van der Waals surface area contributed by atoms with Gasteiger partial charge in [0, 0.05) is 71.9 Å². The zero-order chi connectivity index (χ0) is 18.2. The first kappa shape index (κ1) is 19.5. The van der Waals surface area contributed by atoms with Crippen molar-refractivity contribution in [1.29, 1.82) is 0 Å². The molecule has 0 bridgehead atoms. The summed E-state index contributed by atoms with van der Waals surface area (Å²) in [6.45, 7) is 7.58. The summed E-state index contributed by atoms with van der Waals surface area (Å²) in [4.78, 5) is 22.0. The second-order valence-corrected chi connectivity index (χ2v) is 6.68. The van der Waals surface area contributed by atoms with Crippen LogP contribution in [0.25, 0.3) is 0 Å². The van der Waals surface area contributed by atoms with Crippen molar-refractivity contribution >= 4 is 23.5 Å². The standard InChI is InChI=1S/C18H28ClN5O/c1-15(25)24-12-10-23(11-13-24)9-8-21-18(20-2)22(3)14-16-6-4-5-7-17(16)19/h4-7H,8-14H2,1-3H3,(H,20,21). The van der Waals surface area contributed by atoms with E-state index in [0.29, 0.717) is 6.54 Å². The molecule has 1 aromatic carbocycles. The van der Waals surface area contributed by atoms with Crippen molar-refractivity contribution < 1.29 is 4.79 Å². The van der Waals surface area contributed by atoms with Crippen LogP contribution >= 0.6 is 11.6 Å². The quantitative estimate of drug-likeness (QED) is 0.635. The molecule has 1 aliphatic rings. The van der Waals surface area contributed by atoms with Gasteiger partial charge in [-0.25, -0.2) is 0 Å². The zero-order valence-corrected chi connectivity index (χ0v) is 16.1. The molecule has 1 heterocycles. The van der Waals surface area contributed by atoms with Crippen molar-refractivity contribution in [2.45, 2.75) is 13.5 Å². The molecule has 0 radical (unpaired) electrons. The Balaban J connectivity index is 1.75. The van der Waals surface area contributed by atoms with Gasteiger partial charge in [0.05, 0.1) is 0 Å². The molecule has 138 valence electrons. The van der Waals surface area contributed by atoms with Gasteiger partial charge in [-0.1, -0.05) is 29.8 Å². The van der Waals surface area contributed by atoms with Gasteiger partial charge in [0.2, 0.25) is 5.91 Å². The third-order valence-corrected chi connectivity index (χ3v) is 4.84. The summed E-state index contributed by atoms with van der Waals surface area (Å²) in [5, 5.41) is 4.17. The highest BCUT2D eigenvalue weighted by Crippen LogP contribution is 2.16. The average molecular weight is 366 g/mol. The lowest BCUT2D eigenvalue weighted by Crippen LogP contribution is -2.50. The number of amides is 1. The highest BCUT2D eigenvalue weighted by molar-refractivity contribution is 6.31. The molecule has 1 amide bonds. The van der Waals surface area contributed by atoms with Crippen molar-refractivity contribution in [1.82, 2.24) is 20.0 Å². The second-order valence-electron chi connectivity index (χ2n) is 6.27. The van der Waals surface area contributed by atoms with Crippen LogP contribution < -0.4 is 5.32 Å². The van der Waals surface area contributed by atoms with Gasteiger partial charge >= 0.3 is 0 Å².